The molecular weight excluding hydrogens is 614 g/mol. The van der Waals surface area contributed by atoms with Crippen LogP contribution in [0.25, 0.3) is 11.1 Å². The van der Waals surface area contributed by atoms with Crippen LogP contribution in [0.3, 0.4) is 0 Å². The van der Waals surface area contributed by atoms with Crippen LogP contribution in [0, 0.1) is 0 Å². The normalized spacial score (nSPS) is 13.6. The summed E-state index contributed by atoms with van der Waals surface area (Å²) in [5, 5.41) is 18.4. The summed E-state index contributed by atoms with van der Waals surface area (Å²) in [7, 11) is 1.77. The molecule has 0 bridgehead atoms. The minimum absolute atomic E-state index is 0.115. The number of likely N-dealkylation sites (tertiary alicyclic amines) is 1. The van der Waals surface area contributed by atoms with Gasteiger partial charge in [-0.05, 0) is 54.3 Å². The van der Waals surface area contributed by atoms with Gasteiger partial charge in [-0.2, -0.15) is 0 Å². The number of carbonyl (C=O) groups is 3. The fraction of sp³-hybridized carbons (Fsp3) is 0.306. The van der Waals surface area contributed by atoms with Crippen molar-refractivity contribution < 1.29 is 24.2 Å². The number of thiophene rings is 1. The number of rotatable bonds is 13. The maximum atomic E-state index is 13.0. The number of likely N-dealkylation sites (N-methyl/N-ethyl adjacent to an activating group) is 1. The third kappa shape index (κ3) is 9.89. The second-order valence-corrected chi connectivity index (χ2v) is 12.6. The zero-order valence-electron chi connectivity index (χ0n) is 26.5. The first-order chi connectivity index (χ1) is 22.9. The topological polar surface area (TPSA) is 123 Å². The van der Waals surface area contributed by atoms with Crippen LogP contribution < -0.4 is 16.0 Å². The van der Waals surface area contributed by atoms with E-state index < -0.39 is 6.09 Å². The van der Waals surface area contributed by atoms with Gasteiger partial charge in [-0.3, -0.25) is 14.9 Å². The summed E-state index contributed by atoms with van der Waals surface area (Å²) in [6.07, 6.45) is 0.825. The van der Waals surface area contributed by atoms with Gasteiger partial charge in [-0.1, -0.05) is 60.7 Å². The molecule has 5 rings (SSSR count). The summed E-state index contributed by atoms with van der Waals surface area (Å²) in [4.78, 5) is 43.3. The first-order valence-electron chi connectivity index (χ1n) is 15.8. The summed E-state index contributed by atoms with van der Waals surface area (Å²) in [5.74, 6) is -0.0915. The molecular formula is C36H41N5O5S. The Balaban J connectivity index is 0.982. The van der Waals surface area contributed by atoms with E-state index in [-0.39, 0.29) is 23.7 Å². The molecule has 0 radical (unpaired) electrons. The number of ether oxygens (including phenoxy) is 1. The zero-order valence-corrected chi connectivity index (χ0v) is 27.3. The van der Waals surface area contributed by atoms with Crippen LogP contribution in [0.15, 0.2) is 91.0 Å². The Kier molecular flexibility index (Phi) is 12.0. The number of anilines is 1. The summed E-state index contributed by atoms with van der Waals surface area (Å²) >= 11 is 1.19. The van der Waals surface area contributed by atoms with Crippen molar-refractivity contribution in [1.29, 1.82) is 0 Å². The molecule has 0 spiro atoms. The van der Waals surface area contributed by atoms with Crippen molar-refractivity contribution in [3.05, 3.63) is 106 Å². The average molecular weight is 656 g/mol. The molecule has 1 fully saturated rings. The van der Waals surface area contributed by atoms with Crippen molar-refractivity contribution >= 4 is 34.9 Å². The molecule has 1 aliphatic rings. The molecule has 2 heterocycles. The predicted octanol–water partition coefficient (Wildman–Crippen LogP) is 5.43. The lowest BCUT2D eigenvalue weighted by Gasteiger charge is -2.32. The lowest BCUT2D eigenvalue weighted by atomic mass is 10.0. The predicted molar refractivity (Wildman–Crippen MR) is 185 cm³/mol. The molecule has 0 saturated carbocycles. The standard InChI is InChI=1S/C36H41N5O5S/c1-40(35(44)33-16-15-32(47-33)34(43)38-20-19-37-25-26-11-13-28(42)14-12-26)23-24-41-21-17-29(18-22-41)46-36(45)39-31-10-6-5-9-30(31)27-7-3-2-4-8-27/h2-16,29,37,42H,17-25H2,1H3,(H,38,43)(H,39,45). The molecule has 4 aromatic rings. The Hall–Kier alpha value is -4.71. The van der Waals surface area contributed by atoms with Gasteiger partial charge in [0.05, 0.1) is 15.4 Å². The number of nitrogens with one attached hydrogen (secondary N) is 3. The van der Waals surface area contributed by atoms with E-state index in [0.29, 0.717) is 48.2 Å². The molecule has 3 aromatic carbocycles. The summed E-state index contributed by atoms with van der Waals surface area (Å²) in [5.41, 5.74) is 3.71. The number of para-hydroxylation sites is 1. The van der Waals surface area contributed by atoms with Gasteiger partial charge in [0, 0.05) is 58.4 Å². The molecule has 0 aliphatic carbocycles. The fourth-order valence-corrected chi connectivity index (χ4v) is 6.27. The molecule has 1 saturated heterocycles. The third-order valence-electron chi connectivity index (χ3n) is 8.05. The molecule has 0 atom stereocenters. The highest BCUT2D eigenvalue weighted by Crippen LogP contribution is 2.28. The van der Waals surface area contributed by atoms with Gasteiger partial charge < -0.3 is 30.3 Å². The molecule has 47 heavy (non-hydrogen) atoms. The van der Waals surface area contributed by atoms with Crippen LogP contribution in [0.1, 0.15) is 37.7 Å². The van der Waals surface area contributed by atoms with Crippen molar-refractivity contribution in [3.63, 3.8) is 0 Å². The van der Waals surface area contributed by atoms with Crippen LogP contribution in [0.2, 0.25) is 0 Å². The number of amides is 3. The Morgan fingerprint density at radius 1 is 0.894 bits per heavy atom. The molecule has 0 unspecified atom stereocenters. The molecule has 4 N–H and O–H groups in total. The lowest BCUT2D eigenvalue weighted by Crippen LogP contribution is -2.42. The second kappa shape index (κ2) is 16.7. The lowest BCUT2D eigenvalue weighted by molar-refractivity contribution is 0.0541. The number of nitrogens with zero attached hydrogens (tertiary/aromatic N) is 2. The van der Waals surface area contributed by atoms with Gasteiger partial charge in [0.1, 0.15) is 11.9 Å². The molecule has 11 heteroatoms. The Morgan fingerprint density at radius 3 is 2.36 bits per heavy atom. The number of hydrogen-bond acceptors (Lipinski definition) is 8. The van der Waals surface area contributed by atoms with Gasteiger partial charge in [0.25, 0.3) is 11.8 Å². The molecule has 1 aromatic heterocycles. The second-order valence-electron chi connectivity index (χ2n) is 11.5. The van der Waals surface area contributed by atoms with Crippen LogP contribution in [-0.2, 0) is 11.3 Å². The number of hydrogen-bond donors (Lipinski definition) is 4. The SMILES string of the molecule is CN(CCN1CCC(OC(=O)Nc2ccccc2-c2ccccc2)CC1)C(=O)c1ccc(C(=O)NCCNCc2ccc(O)cc2)s1. The maximum Gasteiger partial charge on any atom is 0.411 e. The van der Waals surface area contributed by atoms with Crippen LogP contribution in [0.5, 0.6) is 5.75 Å². The van der Waals surface area contributed by atoms with E-state index in [4.69, 9.17) is 4.74 Å². The van der Waals surface area contributed by atoms with Crippen LogP contribution >= 0.6 is 11.3 Å². The number of phenolic OH excluding ortho intramolecular Hbond substituents is 1. The fourth-order valence-electron chi connectivity index (χ4n) is 5.36. The van der Waals surface area contributed by atoms with Crippen LogP contribution in [-0.4, -0.2) is 85.2 Å². The average Bonchev–Trinajstić information content (AvgIpc) is 3.59. The van der Waals surface area contributed by atoms with Crippen LogP contribution in [0.4, 0.5) is 10.5 Å². The Bertz CT molecular complexity index is 1620. The van der Waals surface area contributed by atoms with E-state index in [1.165, 1.54) is 11.3 Å². The van der Waals surface area contributed by atoms with Crippen molar-refractivity contribution in [2.45, 2.75) is 25.5 Å². The largest absolute Gasteiger partial charge is 0.508 e. The van der Waals surface area contributed by atoms with Crippen molar-refractivity contribution in [1.82, 2.24) is 20.4 Å². The van der Waals surface area contributed by atoms with E-state index in [1.54, 1.807) is 36.2 Å². The van der Waals surface area contributed by atoms with Crippen molar-refractivity contribution in [3.8, 4) is 16.9 Å². The first-order valence-corrected chi connectivity index (χ1v) is 16.6. The van der Waals surface area contributed by atoms with E-state index in [2.05, 4.69) is 20.9 Å². The number of carbonyl (C=O) groups excluding carboxylic acids is 3. The molecule has 10 nitrogen and oxygen atoms in total. The summed E-state index contributed by atoms with van der Waals surface area (Å²) < 4.78 is 5.75. The van der Waals surface area contributed by atoms with Crippen molar-refractivity contribution in [2.24, 2.45) is 0 Å². The number of benzene rings is 3. The van der Waals surface area contributed by atoms with Gasteiger partial charge in [0.2, 0.25) is 0 Å². The van der Waals surface area contributed by atoms with E-state index in [1.807, 2.05) is 66.7 Å². The van der Waals surface area contributed by atoms with Gasteiger partial charge in [0.15, 0.2) is 0 Å². The number of aromatic hydroxyl groups is 1. The summed E-state index contributed by atoms with van der Waals surface area (Å²) in [6.45, 7) is 4.48. The monoisotopic (exact) mass is 655 g/mol. The van der Waals surface area contributed by atoms with E-state index >= 15 is 0 Å². The van der Waals surface area contributed by atoms with Gasteiger partial charge in [-0.25, -0.2) is 4.79 Å². The first kappa shape index (κ1) is 33.6. The smallest absolute Gasteiger partial charge is 0.411 e. The van der Waals surface area contributed by atoms with E-state index in [9.17, 15) is 19.5 Å². The zero-order chi connectivity index (χ0) is 33.0. The van der Waals surface area contributed by atoms with Crippen molar-refractivity contribution in [2.75, 3.05) is 51.6 Å². The Labute approximate surface area is 279 Å². The maximum absolute atomic E-state index is 13.0. The highest BCUT2D eigenvalue weighted by atomic mass is 32.1. The highest BCUT2D eigenvalue weighted by molar-refractivity contribution is 7.15. The number of piperidine rings is 1. The third-order valence-corrected chi connectivity index (χ3v) is 9.12. The Morgan fingerprint density at radius 2 is 1.60 bits per heavy atom. The van der Waals surface area contributed by atoms with E-state index in [0.717, 1.165) is 42.6 Å². The molecule has 1 aliphatic heterocycles. The van der Waals surface area contributed by atoms with Gasteiger partial charge in [-0.15, -0.1) is 11.3 Å². The molecule has 3 amide bonds. The molecule has 246 valence electrons. The number of phenols is 1. The minimum atomic E-state index is -0.455. The summed E-state index contributed by atoms with van der Waals surface area (Å²) in [6, 6.07) is 28.0. The quantitative estimate of drug-likeness (QED) is 0.142. The minimum Gasteiger partial charge on any atom is -0.508 e. The highest BCUT2D eigenvalue weighted by Gasteiger charge is 2.24. The van der Waals surface area contributed by atoms with Gasteiger partial charge >= 0.3 is 6.09 Å².